The van der Waals surface area contributed by atoms with Crippen LogP contribution in [-0.4, -0.2) is 106 Å². The van der Waals surface area contributed by atoms with E-state index in [0.29, 0.717) is 32.4 Å². The molecule has 1 N–H and O–H groups in total. The van der Waals surface area contributed by atoms with Crippen LogP contribution in [0.15, 0.2) is 36.5 Å². The first-order chi connectivity index (χ1) is 26.4. The van der Waals surface area contributed by atoms with Crippen LogP contribution < -0.4 is 0 Å². The number of esters is 1. The molecule has 3 fully saturated rings. The molecule has 12 heteroatoms. The van der Waals surface area contributed by atoms with Gasteiger partial charge in [0.15, 0.2) is 17.7 Å². The molecule has 0 unspecified atom stereocenters. The van der Waals surface area contributed by atoms with E-state index in [1.807, 2.05) is 92.8 Å². The third-order valence-electron chi connectivity index (χ3n) is 12.9. The van der Waals surface area contributed by atoms with Gasteiger partial charge >= 0.3 is 12.1 Å². The van der Waals surface area contributed by atoms with Crippen LogP contribution in [0.5, 0.6) is 0 Å². The van der Waals surface area contributed by atoms with Gasteiger partial charge in [0.25, 0.3) is 0 Å². The molecule has 12 nitrogen and oxygen atoms in total. The van der Waals surface area contributed by atoms with Gasteiger partial charge in [0, 0.05) is 49.0 Å². The first-order valence-corrected chi connectivity index (χ1v) is 20.6. The highest BCUT2D eigenvalue weighted by Crippen LogP contribution is 2.45. The minimum atomic E-state index is -1.34. The number of Topliss-reactive ketones (excluding diaryl/α,β-unsaturated/α-hetero) is 2. The van der Waals surface area contributed by atoms with Crippen molar-refractivity contribution < 1.29 is 43.2 Å². The van der Waals surface area contributed by atoms with Crippen LogP contribution in [0.4, 0.5) is 4.79 Å². The average molecular weight is 780 g/mol. The van der Waals surface area contributed by atoms with Gasteiger partial charge in [-0.15, -0.1) is 0 Å². The highest BCUT2D eigenvalue weighted by atomic mass is 16.7. The van der Waals surface area contributed by atoms with Crippen LogP contribution in [0.1, 0.15) is 100 Å². The van der Waals surface area contributed by atoms with Crippen LogP contribution in [0.25, 0.3) is 10.9 Å². The zero-order chi connectivity index (χ0) is 41.3. The van der Waals surface area contributed by atoms with E-state index in [-0.39, 0.29) is 36.6 Å². The summed E-state index contributed by atoms with van der Waals surface area (Å²) in [5.41, 5.74) is -0.113. The predicted octanol–water partition coefficient (Wildman–Crippen LogP) is 6.59. The summed E-state index contributed by atoms with van der Waals surface area (Å²) < 4.78 is 25.2. The summed E-state index contributed by atoms with van der Waals surface area (Å²) >= 11 is 0. The lowest BCUT2D eigenvalue weighted by Crippen LogP contribution is -2.60. The molecule has 12 atom stereocenters. The highest BCUT2D eigenvalue weighted by molar-refractivity contribution is 6.00. The molecule has 5 rings (SSSR count). The number of ketones is 2. The summed E-state index contributed by atoms with van der Waals surface area (Å²) in [5.74, 6) is -4.44. The van der Waals surface area contributed by atoms with Gasteiger partial charge in [0.2, 0.25) is 0 Å². The standard InChI is InChI=1S/C44H65N3O9/c1-12-34-44(13-2)38(47(42(52)56-44)21-20-46(11)24-31-18-19-45-33-17-15-14-16-32(31)33)28(6)35(48)26(4)23-43(9,10)39(29(7)37(50)30(8)40(51)54-34)55-41-36(49)25(3)22-27(5)53-41/h14-19,25-30,34,36,38-39,41,49H,12-13,20-24H2,1-11H3/t25-,26+,27+,28-,29-,30+,34+,36+,38+,39+,41-,44+/m0/s1. The number of para-hydroxylation sites is 1. The Morgan fingerprint density at radius 1 is 0.982 bits per heavy atom. The summed E-state index contributed by atoms with van der Waals surface area (Å²) in [7, 11) is 1.99. The lowest BCUT2D eigenvalue weighted by Gasteiger charge is -2.46. The molecule has 1 aromatic carbocycles. The van der Waals surface area contributed by atoms with E-state index in [0.717, 1.165) is 16.5 Å². The minimum absolute atomic E-state index is 0.0682. The molecular weight excluding hydrogens is 714 g/mol. The number of carbonyl (C=O) groups excluding carboxylic acids is 4. The molecule has 310 valence electrons. The van der Waals surface area contributed by atoms with Gasteiger partial charge in [-0.3, -0.25) is 24.3 Å². The van der Waals surface area contributed by atoms with Gasteiger partial charge in [0.05, 0.1) is 23.8 Å². The maximum absolute atomic E-state index is 14.8. The number of rotatable bonds is 9. The summed E-state index contributed by atoms with van der Waals surface area (Å²) in [6.45, 7) is 19.9. The molecule has 0 spiro atoms. The molecule has 1 amide bonds. The monoisotopic (exact) mass is 779 g/mol. The number of aliphatic hydroxyl groups is 1. The summed E-state index contributed by atoms with van der Waals surface area (Å²) in [6.07, 6.45) is -0.977. The number of hydrogen-bond donors (Lipinski definition) is 1. The van der Waals surface area contributed by atoms with E-state index in [1.165, 1.54) is 0 Å². The van der Waals surface area contributed by atoms with Crippen molar-refractivity contribution in [3.8, 4) is 0 Å². The number of hydrogen-bond acceptors (Lipinski definition) is 11. The fourth-order valence-corrected chi connectivity index (χ4v) is 9.86. The smallest absolute Gasteiger partial charge is 0.410 e. The molecular formula is C44H65N3O9. The minimum Gasteiger partial charge on any atom is -0.457 e. The second kappa shape index (κ2) is 17.6. The number of ether oxygens (including phenoxy) is 4. The second-order valence-corrected chi connectivity index (χ2v) is 17.6. The number of aliphatic hydroxyl groups excluding tert-OH is 1. The van der Waals surface area contributed by atoms with Crippen molar-refractivity contribution in [2.24, 2.45) is 35.0 Å². The first-order valence-electron chi connectivity index (χ1n) is 20.6. The maximum atomic E-state index is 14.8. The molecule has 56 heavy (non-hydrogen) atoms. The number of benzene rings is 1. The Kier molecular flexibility index (Phi) is 13.7. The molecule has 0 saturated carbocycles. The third kappa shape index (κ3) is 8.68. The average Bonchev–Trinajstić information content (AvgIpc) is 3.46. The van der Waals surface area contributed by atoms with Gasteiger partial charge < -0.3 is 29.0 Å². The Morgan fingerprint density at radius 3 is 2.36 bits per heavy atom. The summed E-state index contributed by atoms with van der Waals surface area (Å²) in [6, 6.07) is 9.23. The van der Waals surface area contributed by atoms with Gasteiger partial charge in [0.1, 0.15) is 23.9 Å². The lowest BCUT2D eigenvalue weighted by molar-refractivity contribution is -0.284. The number of aromatic nitrogens is 1. The van der Waals surface area contributed by atoms with E-state index in [2.05, 4.69) is 9.88 Å². The zero-order valence-corrected chi connectivity index (χ0v) is 35.3. The predicted molar refractivity (Wildman–Crippen MR) is 212 cm³/mol. The number of nitrogens with zero attached hydrogens (tertiary/aromatic N) is 3. The van der Waals surface area contributed by atoms with Crippen molar-refractivity contribution in [3.05, 3.63) is 42.1 Å². The van der Waals surface area contributed by atoms with E-state index in [9.17, 15) is 24.3 Å². The second-order valence-electron chi connectivity index (χ2n) is 17.6. The van der Waals surface area contributed by atoms with Gasteiger partial charge in [-0.05, 0) is 75.6 Å². The SMILES string of the molecule is CC[C@H]1OC(=O)[C@H](C)C(=O)[C@H](C)[C@@H](O[C@@H]2O[C@H](C)C[C@H](C)[C@H]2O)C(C)(C)C[C@@H](C)C(=O)[C@H](C)[C@H]2N(CCN(C)Cc3ccnc4ccccc34)C(=O)O[C@]12CC. The fourth-order valence-electron chi connectivity index (χ4n) is 9.86. The molecule has 1 aromatic heterocycles. The molecule has 0 bridgehead atoms. The quantitative estimate of drug-likeness (QED) is 0.218. The Bertz CT molecular complexity index is 1730. The Hall–Kier alpha value is -3.45. The van der Waals surface area contributed by atoms with Crippen LogP contribution in [0.3, 0.4) is 0 Å². The maximum Gasteiger partial charge on any atom is 0.410 e. The first kappa shape index (κ1) is 43.7. The molecule has 3 aliphatic heterocycles. The van der Waals surface area contributed by atoms with Crippen molar-refractivity contribution in [1.29, 1.82) is 0 Å². The Balaban J connectivity index is 1.48. The van der Waals surface area contributed by atoms with Crippen molar-refractivity contribution in [3.63, 3.8) is 0 Å². The lowest BCUT2D eigenvalue weighted by atomic mass is 9.69. The van der Waals surface area contributed by atoms with Crippen LogP contribution in [-0.2, 0) is 39.9 Å². The Labute approximate surface area is 333 Å². The molecule has 2 aromatic rings. The van der Waals surface area contributed by atoms with Crippen LogP contribution in [0, 0.1) is 35.0 Å². The normalized spacial score (nSPS) is 35.9. The Morgan fingerprint density at radius 2 is 1.68 bits per heavy atom. The van der Waals surface area contributed by atoms with E-state index in [1.54, 1.807) is 24.9 Å². The van der Waals surface area contributed by atoms with Crippen LogP contribution >= 0.6 is 0 Å². The van der Waals surface area contributed by atoms with E-state index >= 15 is 0 Å². The van der Waals surface area contributed by atoms with Gasteiger partial charge in [-0.2, -0.15) is 0 Å². The summed E-state index contributed by atoms with van der Waals surface area (Å²) in [4.78, 5) is 65.4. The topological polar surface area (TPSA) is 145 Å². The zero-order valence-electron chi connectivity index (χ0n) is 35.3. The molecule has 4 heterocycles. The van der Waals surface area contributed by atoms with E-state index < -0.39 is 77.4 Å². The number of fused-ring (bicyclic) bond motifs is 2. The molecule has 3 saturated heterocycles. The van der Waals surface area contributed by atoms with Crippen molar-refractivity contribution in [1.82, 2.24) is 14.8 Å². The number of pyridine rings is 1. The number of amides is 1. The fraction of sp³-hybridized carbons (Fsp3) is 0.705. The largest absolute Gasteiger partial charge is 0.457 e. The summed E-state index contributed by atoms with van der Waals surface area (Å²) in [5, 5.41) is 12.2. The third-order valence-corrected chi connectivity index (χ3v) is 12.9. The molecule has 3 aliphatic rings. The molecule has 0 radical (unpaired) electrons. The van der Waals surface area contributed by atoms with Crippen LogP contribution in [0.2, 0.25) is 0 Å². The van der Waals surface area contributed by atoms with Gasteiger partial charge in [-0.25, -0.2) is 4.79 Å². The number of likely N-dealkylation sites (N-methyl/N-ethyl adjacent to an activating group) is 1. The highest BCUT2D eigenvalue weighted by Gasteiger charge is 2.61. The van der Waals surface area contributed by atoms with Crippen molar-refractivity contribution in [2.45, 2.75) is 144 Å². The molecule has 0 aliphatic carbocycles. The van der Waals surface area contributed by atoms with Crippen molar-refractivity contribution in [2.75, 3.05) is 20.1 Å². The van der Waals surface area contributed by atoms with Gasteiger partial charge in [-0.1, -0.05) is 73.6 Å². The number of carbonyl (C=O) groups is 4. The van der Waals surface area contributed by atoms with Crippen molar-refractivity contribution >= 4 is 34.5 Å². The number of cyclic esters (lactones) is 1. The van der Waals surface area contributed by atoms with E-state index in [4.69, 9.17) is 18.9 Å².